The molecule has 23 heavy (non-hydrogen) atoms. The van der Waals surface area contributed by atoms with E-state index in [1.807, 2.05) is 25.1 Å². The average Bonchev–Trinajstić information content (AvgIpc) is 2.52. The van der Waals surface area contributed by atoms with Crippen LogP contribution >= 0.6 is 0 Å². The van der Waals surface area contributed by atoms with Crippen molar-refractivity contribution in [2.75, 3.05) is 43.5 Å². The molecule has 0 radical (unpaired) electrons. The third kappa shape index (κ3) is 4.33. The van der Waals surface area contributed by atoms with Crippen molar-refractivity contribution in [2.24, 2.45) is 11.3 Å². The minimum absolute atomic E-state index is 0.151. The lowest BCUT2D eigenvalue weighted by Crippen LogP contribution is -2.51. The summed E-state index contributed by atoms with van der Waals surface area (Å²) in [4.78, 5) is 25.4. The smallest absolute Gasteiger partial charge is 0.227 e. The van der Waals surface area contributed by atoms with Gasteiger partial charge in [-0.15, -0.1) is 0 Å². The molecule has 2 heterocycles. The first-order valence-corrected chi connectivity index (χ1v) is 8.34. The van der Waals surface area contributed by atoms with Crippen LogP contribution < -0.4 is 15.1 Å². The Kier molecular flexibility index (Phi) is 5.44. The lowest BCUT2D eigenvalue weighted by atomic mass is 9.81. The molecular weight excluding hydrogens is 290 g/mol. The van der Waals surface area contributed by atoms with Crippen molar-refractivity contribution < 1.29 is 4.79 Å². The molecule has 1 N–H and O–H groups in total. The Morgan fingerprint density at radius 2 is 2.17 bits per heavy atom. The van der Waals surface area contributed by atoms with Crippen molar-refractivity contribution >= 4 is 17.5 Å². The standard InChI is InChI=1S/C17H29N5O/c1-13(2)10-18-16(23)17(3)7-6-8-22(11-17)15-9-14(21(4)5)19-12-20-15/h9,12-13H,6-8,10-11H2,1-5H3,(H,18,23)/t17-/m0/s1. The molecule has 2 rings (SSSR count). The summed E-state index contributed by atoms with van der Waals surface area (Å²) in [6.45, 7) is 8.63. The number of carbonyl (C=O) groups is 1. The van der Waals surface area contributed by atoms with E-state index in [1.54, 1.807) is 6.33 Å². The van der Waals surface area contributed by atoms with Crippen LogP contribution in [0.2, 0.25) is 0 Å². The topological polar surface area (TPSA) is 61.4 Å². The summed E-state index contributed by atoms with van der Waals surface area (Å²) in [5.41, 5.74) is -0.365. The minimum atomic E-state index is -0.365. The molecule has 6 heteroatoms. The highest BCUT2D eigenvalue weighted by molar-refractivity contribution is 5.83. The van der Waals surface area contributed by atoms with Crippen molar-refractivity contribution in [3.8, 4) is 0 Å². The molecule has 0 saturated carbocycles. The molecule has 1 aromatic heterocycles. The van der Waals surface area contributed by atoms with Crippen molar-refractivity contribution in [1.82, 2.24) is 15.3 Å². The van der Waals surface area contributed by atoms with Gasteiger partial charge >= 0.3 is 0 Å². The van der Waals surface area contributed by atoms with Gasteiger partial charge in [0.1, 0.15) is 18.0 Å². The Labute approximate surface area is 139 Å². The maximum atomic E-state index is 12.6. The highest BCUT2D eigenvalue weighted by Gasteiger charge is 2.38. The zero-order valence-corrected chi connectivity index (χ0v) is 15.0. The maximum Gasteiger partial charge on any atom is 0.227 e. The fraction of sp³-hybridized carbons (Fsp3) is 0.706. The fourth-order valence-electron chi connectivity index (χ4n) is 2.89. The van der Waals surface area contributed by atoms with Gasteiger partial charge in [-0.05, 0) is 25.7 Å². The van der Waals surface area contributed by atoms with Crippen molar-refractivity contribution in [3.05, 3.63) is 12.4 Å². The summed E-state index contributed by atoms with van der Waals surface area (Å²) in [6, 6.07) is 1.98. The molecule has 1 saturated heterocycles. The highest BCUT2D eigenvalue weighted by Crippen LogP contribution is 2.32. The highest BCUT2D eigenvalue weighted by atomic mass is 16.2. The number of aromatic nitrogens is 2. The summed E-state index contributed by atoms with van der Waals surface area (Å²) >= 11 is 0. The number of nitrogens with one attached hydrogen (secondary N) is 1. The van der Waals surface area contributed by atoms with Crippen LogP contribution in [-0.4, -0.2) is 49.6 Å². The Bertz CT molecular complexity index is 546. The molecule has 0 bridgehead atoms. The number of anilines is 2. The number of carbonyl (C=O) groups excluding carboxylic acids is 1. The lowest BCUT2D eigenvalue weighted by molar-refractivity contribution is -0.130. The zero-order valence-electron chi connectivity index (χ0n) is 15.0. The van der Waals surface area contributed by atoms with Crippen molar-refractivity contribution in [3.63, 3.8) is 0 Å². The molecule has 0 unspecified atom stereocenters. The zero-order chi connectivity index (χ0) is 17.0. The molecule has 0 aromatic carbocycles. The number of hydrogen-bond donors (Lipinski definition) is 1. The quantitative estimate of drug-likeness (QED) is 0.898. The molecule has 1 fully saturated rings. The summed E-state index contributed by atoms with van der Waals surface area (Å²) in [7, 11) is 3.93. The Morgan fingerprint density at radius 3 is 2.83 bits per heavy atom. The van der Waals surface area contributed by atoms with Gasteiger partial charge in [0, 0.05) is 39.8 Å². The normalized spacial score (nSPS) is 21.4. The number of amides is 1. The number of nitrogens with zero attached hydrogens (tertiary/aromatic N) is 4. The van der Waals surface area contributed by atoms with E-state index < -0.39 is 0 Å². The van der Waals surface area contributed by atoms with E-state index in [-0.39, 0.29) is 11.3 Å². The predicted octanol–water partition coefficient (Wildman–Crippen LogP) is 1.92. The second-order valence-corrected chi connectivity index (χ2v) is 7.32. The Balaban J connectivity index is 2.10. The van der Waals surface area contributed by atoms with Crippen LogP contribution in [0, 0.1) is 11.3 Å². The van der Waals surface area contributed by atoms with Gasteiger partial charge in [-0.2, -0.15) is 0 Å². The van der Waals surface area contributed by atoms with Crippen LogP contribution in [0.1, 0.15) is 33.6 Å². The second-order valence-electron chi connectivity index (χ2n) is 7.32. The molecule has 6 nitrogen and oxygen atoms in total. The number of hydrogen-bond acceptors (Lipinski definition) is 5. The molecule has 0 aliphatic carbocycles. The molecule has 1 aliphatic rings. The SMILES string of the molecule is CC(C)CNC(=O)[C@@]1(C)CCCN(c2cc(N(C)C)ncn2)C1. The van der Waals surface area contributed by atoms with Crippen LogP contribution in [0.3, 0.4) is 0 Å². The Hall–Kier alpha value is -1.85. The number of rotatable bonds is 5. The van der Waals surface area contributed by atoms with Gasteiger partial charge in [0.15, 0.2) is 0 Å². The molecular formula is C17H29N5O. The van der Waals surface area contributed by atoms with Gasteiger partial charge in [0.2, 0.25) is 5.91 Å². The van der Waals surface area contributed by atoms with Crippen LogP contribution in [0.4, 0.5) is 11.6 Å². The van der Waals surface area contributed by atoms with Crippen molar-refractivity contribution in [2.45, 2.75) is 33.6 Å². The summed E-state index contributed by atoms with van der Waals surface area (Å²) in [6.07, 6.45) is 3.50. The van der Waals surface area contributed by atoms with Gasteiger partial charge in [-0.3, -0.25) is 4.79 Å². The van der Waals surface area contributed by atoms with Gasteiger partial charge in [-0.25, -0.2) is 9.97 Å². The van der Waals surface area contributed by atoms with Crippen LogP contribution in [0.25, 0.3) is 0 Å². The predicted molar refractivity (Wildman–Crippen MR) is 93.8 cm³/mol. The first-order chi connectivity index (χ1) is 10.8. The fourth-order valence-corrected chi connectivity index (χ4v) is 2.89. The van der Waals surface area contributed by atoms with E-state index in [4.69, 9.17) is 0 Å². The van der Waals surface area contributed by atoms with Gasteiger partial charge < -0.3 is 15.1 Å². The van der Waals surface area contributed by atoms with Crippen LogP contribution in [0.15, 0.2) is 12.4 Å². The van der Waals surface area contributed by atoms with E-state index >= 15 is 0 Å². The molecule has 1 amide bonds. The third-order valence-corrected chi connectivity index (χ3v) is 4.34. The average molecular weight is 319 g/mol. The second kappa shape index (κ2) is 7.15. The molecule has 0 spiro atoms. The van der Waals surface area contributed by atoms with E-state index in [0.717, 1.165) is 37.6 Å². The largest absolute Gasteiger partial charge is 0.363 e. The number of piperidine rings is 1. The van der Waals surface area contributed by atoms with Crippen LogP contribution in [-0.2, 0) is 4.79 Å². The van der Waals surface area contributed by atoms with Crippen molar-refractivity contribution in [1.29, 1.82) is 0 Å². The van der Waals surface area contributed by atoms with Gasteiger partial charge in [-0.1, -0.05) is 13.8 Å². The van der Waals surface area contributed by atoms with E-state index in [2.05, 4.69) is 41.0 Å². The monoisotopic (exact) mass is 319 g/mol. The molecule has 128 valence electrons. The maximum absolute atomic E-state index is 12.6. The van der Waals surface area contributed by atoms with Gasteiger partial charge in [0.25, 0.3) is 0 Å². The molecule has 1 aromatic rings. The molecule has 1 atom stereocenters. The third-order valence-electron chi connectivity index (χ3n) is 4.34. The minimum Gasteiger partial charge on any atom is -0.363 e. The van der Waals surface area contributed by atoms with Gasteiger partial charge in [0.05, 0.1) is 5.41 Å². The Morgan fingerprint density at radius 1 is 1.43 bits per heavy atom. The van der Waals surface area contributed by atoms with Crippen LogP contribution in [0.5, 0.6) is 0 Å². The molecule has 1 aliphatic heterocycles. The summed E-state index contributed by atoms with van der Waals surface area (Å²) in [5.74, 6) is 2.39. The summed E-state index contributed by atoms with van der Waals surface area (Å²) < 4.78 is 0. The first-order valence-electron chi connectivity index (χ1n) is 8.34. The van der Waals surface area contributed by atoms with E-state index in [1.165, 1.54) is 0 Å². The lowest BCUT2D eigenvalue weighted by Gasteiger charge is -2.40. The first kappa shape index (κ1) is 17.5. The van der Waals surface area contributed by atoms with E-state index in [0.29, 0.717) is 12.5 Å². The summed E-state index contributed by atoms with van der Waals surface area (Å²) in [5, 5.41) is 3.09. The van der Waals surface area contributed by atoms with E-state index in [9.17, 15) is 4.79 Å².